The van der Waals surface area contributed by atoms with Crippen LogP contribution in [0.15, 0.2) is 84.9 Å². The van der Waals surface area contributed by atoms with E-state index in [0.717, 1.165) is 12.0 Å². The minimum atomic E-state index is -1.06. The van der Waals surface area contributed by atoms with Gasteiger partial charge in [0.2, 0.25) is 0 Å². The van der Waals surface area contributed by atoms with Gasteiger partial charge in [0.1, 0.15) is 30.5 Å². The Morgan fingerprint density at radius 3 is 2.24 bits per heavy atom. The van der Waals surface area contributed by atoms with E-state index in [1.807, 2.05) is 72.8 Å². The minimum absolute atomic E-state index is 0.0101. The van der Waals surface area contributed by atoms with Gasteiger partial charge in [-0.25, -0.2) is 9.78 Å². The molecule has 0 aliphatic heterocycles. The maximum absolute atomic E-state index is 12.0. The van der Waals surface area contributed by atoms with Gasteiger partial charge in [0.05, 0.1) is 24.1 Å². The summed E-state index contributed by atoms with van der Waals surface area (Å²) in [5.41, 5.74) is 4.00. The van der Waals surface area contributed by atoms with Crippen LogP contribution < -0.4 is 14.2 Å². The Balaban J connectivity index is 1.62. The number of carboxylic acids is 1. The normalized spacial score (nSPS) is 11.2. The lowest BCUT2D eigenvalue weighted by molar-refractivity contribution is 0.0693. The number of rotatable bonds is 11. The van der Waals surface area contributed by atoms with E-state index in [9.17, 15) is 9.90 Å². The number of carboxylic acid groups (broad SMARTS) is 1. The van der Waals surface area contributed by atoms with Crippen LogP contribution in [0.4, 0.5) is 0 Å². The first-order valence-electron chi connectivity index (χ1n) is 12.6. The molecule has 196 valence electrons. The van der Waals surface area contributed by atoms with E-state index < -0.39 is 5.97 Å². The second-order valence-corrected chi connectivity index (χ2v) is 9.68. The molecule has 0 amide bonds. The predicted molar refractivity (Wildman–Crippen MR) is 148 cm³/mol. The first-order chi connectivity index (χ1) is 18.3. The lowest BCUT2D eigenvalue weighted by atomic mass is 9.82. The SMILES string of the molecule is CCC(C)(C)c1ccc(OCc2nc(-c3cc(OC)ccc3OCc3ccccc3)ccc2C(=O)O)cc1. The molecule has 3 aromatic carbocycles. The van der Waals surface area contributed by atoms with Crippen molar-refractivity contribution in [2.75, 3.05) is 7.11 Å². The van der Waals surface area contributed by atoms with E-state index in [-0.39, 0.29) is 17.6 Å². The number of pyridine rings is 1. The van der Waals surface area contributed by atoms with Crippen molar-refractivity contribution >= 4 is 5.97 Å². The maximum atomic E-state index is 12.0. The van der Waals surface area contributed by atoms with E-state index in [1.54, 1.807) is 19.2 Å². The van der Waals surface area contributed by atoms with E-state index in [2.05, 4.69) is 20.8 Å². The molecule has 1 aromatic heterocycles. The van der Waals surface area contributed by atoms with Gasteiger partial charge in [0.15, 0.2) is 0 Å². The molecule has 0 atom stereocenters. The van der Waals surface area contributed by atoms with Crippen LogP contribution in [0.1, 0.15) is 54.4 Å². The molecule has 0 fully saturated rings. The highest BCUT2D eigenvalue weighted by Gasteiger charge is 2.19. The van der Waals surface area contributed by atoms with E-state index in [1.165, 1.54) is 5.56 Å². The predicted octanol–water partition coefficient (Wildman–Crippen LogP) is 7.30. The number of aromatic nitrogens is 1. The first kappa shape index (κ1) is 26.7. The van der Waals surface area contributed by atoms with Crippen LogP contribution in [0, 0.1) is 0 Å². The van der Waals surface area contributed by atoms with Crippen LogP contribution in [0.2, 0.25) is 0 Å². The Bertz CT molecular complexity index is 1380. The van der Waals surface area contributed by atoms with E-state index >= 15 is 0 Å². The second kappa shape index (κ2) is 11.8. The van der Waals surface area contributed by atoms with Gasteiger partial charge in [0, 0.05) is 5.56 Å². The summed E-state index contributed by atoms with van der Waals surface area (Å²) in [5, 5.41) is 9.78. The second-order valence-electron chi connectivity index (χ2n) is 9.68. The Morgan fingerprint density at radius 2 is 1.58 bits per heavy atom. The van der Waals surface area contributed by atoms with Crippen molar-refractivity contribution in [2.24, 2.45) is 0 Å². The average molecular weight is 512 g/mol. The molecule has 0 unspecified atom stereocenters. The molecule has 38 heavy (non-hydrogen) atoms. The lowest BCUT2D eigenvalue weighted by Gasteiger charge is -2.23. The zero-order valence-electron chi connectivity index (χ0n) is 22.2. The van der Waals surface area contributed by atoms with Gasteiger partial charge in [0.25, 0.3) is 0 Å². The number of aromatic carboxylic acids is 1. The number of carbonyl (C=O) groups is 1. The van der Waals surface area contributed by atoms with Gasteiger partial charge in [-0.3, -0.25) is 0 Å². The van der Waals surface area contributed by atoms with Crippen LogP contribution in [0.3, 0.4) is 0 Å². The molecule has 6 heteroatoms. The van der Waals surface area contributed by atoms with E-state index in [4.69, 9.17) is 19.2 Å². The smallest absolute Gasteiger partial charge is 0.337 e. The van der Waals surface area contributed by atoms with Crippen LogP contribution in [0.5, 0.6) is 17.2 Å². The molecule has 0 bridgehead atoms. The van der Waals surface area contributed by atoms with Gasteiger partial charge < -0.3 is 19.3 Å². The molecule has 4 rings (SSSR count). The number of benzene rings is 3. The van der Waals surface area contributed by atoms with Gasteiger partial charge >= 0.3 is 5.97 Å². The highest BCUT2D eigenvalue weighted by Crippen LogP contribution is 2.34. The topological polar surface area (TPSA) is 77.9 Å². The Morgan fingerprint density at radius 1 is 0.868 bits per heavy atom. The quantitative estimate of drug-likeness (QED) is 0.228. The van der Waals surface area contributed by atoms with Crippen molar-refractivity contribution in [1.29, 1.82) is 0 Å². The number of ether oxygens (including phenoxy) is 3. The van der Waals surface area contributed by atoms with Crippen molar-refractivity contribution < 1.29 is 24.1 Å². The standard InChI is InChI=1S/C32H33NO5/c1-5-32(2,3)23-11-13-24(14-12-23)37-21-29-26(31(34)35)16-17-28(33-29)27-19-25(36-4)15-18-30(27)38-20-22-9-7-6-8-10-22/h6-19H,5,20-21H2,1-4H3,(H,34,35). The molecule has 0 aliphatic rings. The molecule has 0 aliphatic carbocycles. The number of methoxy groups -OCH3 is 1. The largest absolute Gasteiger partial charge is 0.497 e. The van der Waals surface area contributed by atoms with Crippen LogP contribution in [-0.4, -0.2) is 23.2 Å². The molecule has 1 heterocycles. The number of hydrogen-bond acceptors (Lipinski definition) is 5. The maximum Gasteiger partial charge on any atom is 0.337 e. The monoisotopic (exact) mass is 511 g/mol. The van der Waals surface area contributed by atoms with Crippen molar-refractivity contribution in [3.05, 3.63) is 107 Å². The van der Waals surface area contributed by atoms with Gasteiger partial charge in [-0.2, -0.15) is 0 Å². The number of nitrogens with zero attached hydrogens (tertiary/aromatic N) is 1. The lowest BCUT2D eigenvalue weighted by Crippen LogP contribution is -2.15. The van der Waals surface area contributed by atoms with Gasteiger partial charge in [-0.1, -0.05) is 63.2 Å². The fraction of sp³-hybridized carbons (Fsp3) is 0.250. The Labute approximate surface area is 223 Å². The van der Waals surface area contributed by atoms with Crippen LogP contribution in [-0.2, 0) is 18.6 Å². The van der Waals surface area contributed by atoms with Gasteiger partial charge in [-0.15, -0.1) is 0 Å². The molecule has 6 nitrogen and oxygen atoms in total. The molecule has 0 saturated heterocycles. The third kappa shape index (κ3) is 6.32. The fourth-order valence-corrected chi connectivity index (χ4v) is 4.01. The third-order valence-corrected chi connectivity index (χ3v) is 6.80. The molecule has 0 spiro atoms. The summed E-state index contributed by atoms with van der Waals surface area (Å²) in [4.78, 5) is 16.7. The molecule has 4 aromatic rings. The summed E-state index contributed by atoms with van der Waals surface area (Å²) in [6.45, 7) is 6.96. The molecule has 0 radical (unpaired) electrons. The highest BCUT2D eigenvalue weighted by atomic mass is 16.5. The van der Waals surface area contributed by atoms with Crippen molar-refractivity contribution in [1.82, 2.24) is 4.98 Å². The fourth-order valence-electron chi connectivity index (χ4n) is 4.01. The zero-order valence-corrected chi connectivity index (χ0v) is 22.2. The minimum Gasteiger partial charge on any atom is -0.497 e. The Hall–Kier alpha value is -4.32. The van der Waals surface area contributed by atoms with E-state index in [0.29, 0.717) is 40.8 Å². The van der Waals surface area contributed by atoms with Crippen LogP contribution >= 0.6 is 0 Å². The molecule has 1 N–H and O–H groups in total. The molecular formula is C32H33NO5. The average Bonchev–Trinajstić information content (AvgIpc) is 2.95. The highest BCUT2D eigenvalue weighted by molar-refractivity contribution is 5.89. The Kier molecular flexibility index (Phi) is 8.31. The molecule has 0 saturated carbocycles. The summed E-state index contributed by atoms with van der Waals surface area (Å²) >= 11 is 0. The van der Waals surface area contributed by atoms with Gasteiger partial charge in [-0.05, 0) is 65.4 Å². The summed E-state index contributed by atoms with van der Waals surface area (Å²) in [6.07, 6.45) is 1.02. The first-order valence-corrected chi connectivity index (χ1v) is 12.6. The summed E-state index contributed by atoms with van der Waals surface area (Å²) in [5.74, 6) is 0.849. The zero-order chi connectivity index (χ0) is 27.1. The van der Waals surface area contributed by atoms with Crippen molar-refractivity contribution in [3.8, 4) is 28.5 Å². The van der Waals surface area contributed by atoms with Crippen LogP contribution in [0.25, 0.3) is 11.3 Å². The summed E-state index contributed by atoms with van der Waals surface area (Å²) in [7, 11) is 1.59. The number of hydrogen-bond donors (Lipinski definition) is 1. The third-order valence-electron chi connectivity index (χ3n) is 6.80. The summed E-state index contributed by atoms with van der Waals surface area (Å²) < 4.78 is 17.5. The molecular weight excluding hydrogens is 478 g/mol. The summed E-state index contributed by atoms with van der Waals surface area (Å²) in [6, 6.07) is 26.5. The van der Waals surface area contributed by atoms with Crippen molar-refractivity contribution in [2.45, 2.75) is 45.8 Å². The van der Waals surface area contributed by atoms with Crippen molar-refractivity contribution in [3.63, 3.8) is 0 Å².